The number of thioether (sulfide) groups is 1. The van der Waals surface area contributed by atoms with Gasteiger partial charge >= 0.3 is 6.03 Å². The van der Waals surface area contributed by atoms with Crippen LogP contribution in [-0.2, 0) is 14.6 Å². The summed E-state index contributed by atoms with van der Waals surface area (Å²) in [6.07, 6.45) is 0. The zero-order chi connectivity index (χ0) is 14.6. The average molecular weight is 329 g/mol. The first-order chi connectivity index (χ1) is 8.79. The number of hydrogen-bond donors (Lipinski definition) is 1. The van der Waals surface area contributed by atoms with Crippen molar-refractivity contribution in [3.05, 3.63) is 0 Å². The lowest BCUT2D eigenvalue weighted by molar-refractivity contribution is -0.119. The first-order valence-corrected chi connectivity index (χ1v) is 9.15. The number of nitrogens with one attached hydrogen (secondary N) is 1. The number of carbonyl (C=O) groups is 2. The monoisotopic (exact) mass is 328 g/mol. The molecular weight excluding hydrogens is 312 g/mol. The van der Waals surface area contributed by atoms with Gasteiger partial charge in [-0.15, -0.1) is 11.6 Å². The van der Waals surface area contributed by atoms with Crippen LogP contribution in [0.15, 0.2) is 0 Å². The summed E-state index contributed by atoms with van der Waals surface area (Å²) in [4.78, 5) is 24.5. The summed E-state index contributed by atoms with van der Waals surface area (Å²) in [5.74, 6) is 0.307. The van der Waals surface area contributed by atoms with Gasteiger partial charge in [-0.05, 0) is 6.92 Å². The molecule has 2 atom stereocenters. The molecule has 0 aromatic carbocycles. The Morgan fingerprint density at radius 3 is 2.68 bits per heavy atom. The minimum Gasteiger partial charge on any atom is -0.306 e. The third kappa shape index (κ3) is 4.25. The van der Waals surface area contributed by atoms with Crippen LogP contribution in [0.3, 0.4) is 0 Å². The molecule has 2 unspecified atom stereocenters. The van der Waals surface area contributed by atoms with Crippen LogP contribution in [0.5, 0.6) is 0 Å². The van der Waals surface area contributed by atoms with E-state index in [1.54, 1.807) is 0 Å². The predicted octanol–water partition coefficient (Wildman–Crippen LogP) is 0.660. The summed E-state index contributed by atoms with van der Waals surface area (Å²) in [6, 6.07) is -0.695. The van der Waals surface area contributed by atoms with Crippen LogP contribution in [0.25, 0.3) is 0 Å². The highest BCUT2D eigenvalue weighted by Crippen LogP contribution is 2.21. The zero-order valence-electron chi connectivity index (χ0n) is 10.8. The topological polar surface area (TPSA) is 83.6 Å². The Morgan fingerprint density at radius 2 is 2.16 bits per heavy atom. The second kappa shape index (κ2) is 6.81. The van der Waals surface area contributed by atoms with Gasteiger partial charge in [0.1, 0.15) is 10.8 Å². The largest absolute Gasteiger partial charge is 0.325 e. The van der Waals surface area contributed by atoms with Crippen LogP contribution in [0.2, 0.25) is 0 Å². The Bertz CT molecular complexity index is 452. The molecule has 1 rings (SSSR count). The molecule has 0 aromatic rings. The van der Waals surface area contributed by atoms with Crippen molar-refractivity contribution in [1.82, 2.24) is 10.2 Å². The summed E-state index contributed by atoms with van der Waals surface area (Å²) in [7, 11) is -3.37. The number of halogens is 1. The van der Waals surface area contributed by atoms with Gasteiger partial charge in [0.15, 0.2) is 9.84 Å². The van der Waals surface area contributed by atoms with E-state index in [9.17, 15) is 18.0 Å². The van der Waals surface area contributed by atoms with E-state index in [4.69, 9.17) is 11.6 Å². The molecule has 19 heavy (non-hydrogen) atoms. The molecule has 1 saturated heterocycles. The molecule has 0 aliphatic carbocycles. The zero-order valence-corrected chi connectivity index (χ0v) is 13.1. The Morgan fingerprint density at radius 1 is 1.53 bits per heavy atom. The highest BCUT2D eigenvalue weighted by molar-refractivity contribution is 8.01. The minimum atomic E-state index is -3.37. The number of rotatable bonds is 3. The van der Waals surface area contributed by atoms with Crippen molar-refractivity contribution >= 4 is 45.1 Å². The van der Waals surface area contributed by atoms with Crippen molar-refractivity contribution in [3.63, 3.8) is 0 Å². The summed E-state index contributed by atoms with van der Waals surface area (Å²) >= 11 is 7.04. The van der Waals surface area contributed by atoms with E-state index in [2.05, 4.69) is 5.32 Å². The van der Waals surface area contributed by atoms with E-state index < -0.39 is 32.5 Å². The van der Waals surface area contributed by atoms with Gasteiger partial charge in [0, 0.05) is 23.8 Å². The van der Waals surface area contributed by atoms with Gasteiger partial charge in [0.2, 0.25) is 5.91 Å². The van der Waals surface area contributed by atoms with Crippen LogP contribution in [0.4, 0.5) is 4.79 Å². The fourth-order valence-electron chi connectivity index (χ4n) is 1.58. The fraction of sp³-hybridized carbons (Fsp3) is 0.800. The summed E-state index contributed by atoms with van der Waals surface area (Å²) in [5, 5.41) is 0.395. The highest BCUT2D eigenvalue weighted by atomic mass is 35.5. The lowest BCUT2D eigenvalue weighted by Gasteiger charge is -2.34. The molecule has 0 bridgehead atoms. The van der Waals surface area contributed by atoms with Crippen molar-refractivity contribution in [2.75, 3.05) is 23.8 Å². The fourth-order valence-corrected chi connectivity index (χ4v) is 4.60. The van der Waals surface area contributed by atoms with Gasteiger partial charge in [0.25, 0.3) is 0 Å². The molecular formula is C10H17ClN2O4S2. The van der Waals surface area contributed by atoms with Crippen molar-refractivity contribution in [1.29, 1.82) is 0 Å². The Labute approximate surface area is 122 Å². The number of alkyl halides is 1. The number of nitrogens with zero attached hydrogens (tertiary/aromatic N) is 1. The molecule has 3 amide bonds. The molecule has 0 radical (unpaired) electrons. The molecule has 0 spiro atoms. The second-order valence-electron chi connectivity index (χ2n) is 4.08. The minimum absolute atomic E-state index is 0.0398. The molecule has 1 aliphatic heterocycles. The Hall–Kier alpha value is -0.470. The highest BCUT2D eigenvalue weighted by Gasteiger charge is 2.36. The van der Waals surface area contributed by atoms with Gasteiger partial charge in [-0.3, -0.25) is 10.1 Å². The van der Waals surface area contributed by atoms with Crippen LogP contribution < -0.4 is 5.32 Å². The van der Waals surface area contributed by atoms with E-state index in [1.807, 2.05) is 0 Å². The molecule has 6 nitrogen and oxygen atoms in total. The molecule has 1 heterocycles. The maximum absolute atomic E-state index is 11.9. The molecule has 0 aromatic heterocycles. The molecule has 1 fully saturated rings. The smallest absolute Gasteiger partial charge is 0.306 e. The number of amides is 3. The number of carbonyl (C=O) groups excluding carboxylic acids is 2. The number of sulfone groups is 1. The summed E-state index contributed by atoms with van der Waals surface area (Å²) < 4.78 is 23.9. The van der Waals surface area contributed by atoms with E-state index in [0.717, 1.165) is 0 Å². The van der Waals surface area contributed by atoms with Crippen molar-refractivity contribution in [2.24, 2.45) is 0 Å². The SMILES string of the molecule is CCS(=O)(=O)C1CSCCN1C(=O)NC(=O)C(C)Cl. The first-order valence-electron chi connectivity index (χ1n) is 5.84. The molecule has 1 N–H and O–H groups in total. The predicted molar refractivity (Wildman–Crippen MR) is 76.1 cm³/mol. The molecule has 0 saturated carbocycles. The molecule has 1 aliphatic rings. The Kier molecular flexibility index (Phi) is 5.94. The third-order valence-electron chi connectivity index (χ3n) is 2.75. The van der Waals surface area contributed by atoms with Crippen LogP contribution in [0.1, 0.15) is 13.8 Å². The van der Waals surface area contributed by atoms with Crippen LogP contribution >= 0.6 is 23.4 Å². The van der Waals surface area contributed by atoms with E-state index in [0.29, 0.717) is 18.1 Å². The lowest BCUT2D eigenvalue weighted by atomic mass is 10.4. The van der Waals surface area contributed by atoms with Crippen molar-refractivity contribution in [3.8, 4) is 0 Å². The standard InChI is InChI=1S/C10H17ClN2O4S2/c1-3-19(16,17)8-6-18-5-4-13(8)10(15)12-9(14)7(2)11/h7-8H,3-6H2,1-2H3,(H,12,14,15). The van der Waals surface area contributed by atoms with Crippen LogP contribution in [-0.4, -0.2) is 59.8 Å². The van der Waals surface area contributed by atoms with Gasteiger partial charge in [-0.1, -0.05) is 6.92 Å². The Balaban J connectivity index is 2.83. The quantitative estimate of drug-likeness (QED) is 0.769. The van der Waals surface area contributed by atoms with E-state index >= 15 is 0 Å². The molecule has 110 valence electrons. The van der Waals surface area contributed by atoms with Crippen molar-refractivity contribution < 1.29 is 18.0 Å². The number of imide groups is 1. The van der Waals surface area contributed by atoms with Gasteiger partial charge in [-0.25, -0.2) is 13.2 Å². The summed E-state index contributed by atoms with van der Waals surface area (Å²) in [5.41, 5.74) is 0. The van der Waals surface area contributed by atoms with Gasteiger partial charge in [-0.2, -0.15) is 11.8 Å². The molecule has 9 heteroatoms. The van der Waals surface area contributed by atoms with Crippen molar-refractivity contribution in [2.45, 2.75) is 24.6 Å². The van der Waals surface area contributed by atoms with Gasteiger partial charge < -0.3 is 4.90 Å². The first kappa shape index (κ1) is 16.6. The van der Waals surface area contributed by atoms with Crippen LogP contribution in [0, 0.1) is 0 Å². The van der Waals surface area contributed by atoms with Gasteiger partial charge in [0.05, 0.1) is 0 Å². The lowest BCUT2D eigenvalue weighted by Crippen LogP contribution is -2.55. The number of urea groups is 1. The summed E-state index contributed by atoms with van der Waals surface area (Å²) in [6.45, 7) is 3.28. The maximum atomic E-state index is 11.9. The van der Waals surface area contributed by atoms with E-state index in [-0.39, 0.29) is 5.75 Å². The van der Waals surface area contributed by atoms with E-state index in [1.165, 1.54) is 30.5 Å². The maximum Gasteiger partial charge on any atom is 0.325 e. The average Bonchev–Trinajstić information content (AvgIpc) is 2.38. The second-order valence-corrected chi connectivity index (χ2v) is 8.34. The third-order valence-corrected chi connectivity index (χ3v) is 6.24. The normalized spacial score (nSPS) is 21.8. The number of hydrogen-bond acceptors (Lipinski definition) is 5.